The molecule has 0 unspecified atom stereocenters. The van der Waals surface area contributed by atoms with E-state index in [2.05, 4.69) is 25.5 Å². The number of methoxy groups -OCH3 is 1. The van der Waals surface area contributed by atoms with E-state index in [0.29, 0.717) is 5.82 Å². The van der Waals surface area contributed by atoms with E-state index in [0.717, 1.165) is 6.07 Å². The fourth-order valence-electron chi connectivity index (χ4n) is 1.97. The third-order valence-electron chi connectivity index (χ3n) is 2.93. The lowest BCUT2D eigenvalue weighted by Gasteiger charge is -2.07. The van der Waals surface area contributed by atoms with Gasteiger partial charge >= 0.3 is 5.69 Å². The predicted molar refractivity (Wildman–Crippen MR) is 70.2 cm³/mol. The number of aromatic amines is 2. The van der Waals surface area contributed by atoms with Gasteiger partial charge in [0, 0.05) is 0 Å². The van der Waals surface area contributed by atoms with Gasteiger partial charge in [0.1, 0.15) is 18.0 Å². The quantitative estimate of drug-likeness (QED) is 0.738. The van der Waals surface area contributed by atoms with Crippen molar-refractivity contribution in [3.05, 3.63) is 46.3 Å². The van der Waals surface area contributed by atoms with Crippen molar-refractivity contribution >= 4 is 0 Å². The molecule has 0 bridgehead atoms. The van der Waals surface area contributed by atoms with Crippen molar-refractivity contribution in [2.45, 2.75) is 6.54 Å². The molecule has 3 aromatic rings. The minimum atomic E-state index is -1.07. The van der Waals surface area contributed by atoms with Crippen LogP contribution in [0, 0.1) is 11.6 Å². The summed E-state index contributed by atoms with van der Waals surface area (Å²) in [7, 11) is 1.34. The standard InChI is InChI=1S/C12H10F2N6O2/c1-22-8-3-2-6(13)11(14)10(8)7-4-20(19-16-7)5-9-15-12(21)18-17-9/h2-4H,5H2,1H3,(H2,15,17,18,21). The minimum Gasteiger partial charge on any atom is -0.496 e. The Morgan fingerprint density at radius 2 is 2.18 bits per heavy atom. The lowest BCUT2D eigenvalue weighted by atomic mass is 10.1. The van der Waals surface area contributed by atoms with Crippen molar-refractivity contribution in [2.75, 3.05) is 7.11 Å². The maximum Gasteiger partial charge on any atom is 0.340 e. The van der Waals surface area contributed by atoms with Crippen LogP contribution in [0.5, 0.6) is 5.75 Å². The van der Waals surface area contributed by atoms with E-state index in [1.807, 2.05) is 0 Å². The van der Waals surface area contributed by atoms with Gasteiger partial charge < -0.3 is 4.74 Å². The van der Waals surface area contributed by atoms with Crippen LogP contribution in [-0.4, -0.2) is 37.3 Å². The molecule has 10 heteroatoms. The third kappa shape index (κ3) is 2.45. The number of aromatic nitrogens is 6. The molecule has 3 rings (SSSR count). The van der Waals surface area contributed by atoms with Crippen LogP contribution in [-0.2, 0) is 6.54 Å². The topological polar surface area (TPSA) is 101 Å². The predicted octanol–water partition coefficient (Wildman–Crippen LogP) is 0.692. The average Bonchev–Trinajstić information content (AvgIpc) is 3.11. The summed E-state index contributed by atoms with van der Waals surface area (Å²) in [6.07, 6.45) is 1.40. The van der Waals surface area contributed by atoms with Crippen LogP contribution in [0.2, 0.25) is 0 Å². The second-order valence-electron chi connectivity index (χ2n) is 4.36. The Labute approximate surface area is 121 Å². The lowest BCUT2D eigenvalue weighted by Crippen LogP contribution is -2.05. The first-order valence-corrected chi connectivity index (χ1v) is 6.14. The van der Waals surface area contributed by atoms with Gasteiger partial charge in [-0.05, 0) is 12.1 Å². The summed E-state index contributed by atoms with van der Waals surface area (Å²) in [6, 6.07) is 2.27. The second kappa shape index (κ2) is 5.39. The van der Waals surface area contributed by atoms with E-state index in [-0.39, 0.29) is 23.6 Å². The van der Waals surface area contributed by atoms with Gasteiger partial charge in [0.2, 0.25) is 0 Å². The molecular formula is C12H10F2N6O2. The van der Waals surface area contributed by atoms with Crippen molar-refractivity contribution in [2.24, 2.45) is 0 Å². The summed E-state index contributed by atoms with van der Waals surface area (Å²) in [4.78, 5) is 13.4. The SMILES string of the molecule is COc1ccc(F)c(F)c1-c1cn(Cc2n[nH]c(=O)[nH]2)nn1. The summed E-state index contributed by atoms with van der Waals surface area (Å²) in [5, 5.41) is 13.5. The van der Waals surface area contributed by atoms with Crippen LogP contribution in [0.15, 0.2) is 23.1 Å². The molecular weight excluding hydrogens is 298 g/mol. The van der Waals surface area contributed by atoms with Crippen LogP contribution in [0.3, 0.4) is 0 Å². The maximum atomic E-state index is 14.0. The molecule has 2 aromatic heterocycles. The van der Waals surface area contributed by atoms with Crippen LogP contribution in [0.25, 0.3) is 11.3 Å². The zero-order valence-corrected chi connectivity index (χ0v) is 11.3. The number of hydrogen-bond donors (Lipinski definition) is 2. The highest BCUT2D eigenvalue weighted by Crippen LogP contribution is 2.32. The molecule has 0 amide bonds. The minimum absolute atomic E-state index is 0.103. The Balaban J connectivity index is 1.97. The summed E-state index contributed by atoms with van der Waals surface area (Å²) in [5.74, 6) is -1.62. The van der Waals surface area contributed by atoms with Gasteiger partial charge in [0.15, 0.2) is 17.5 Å². The molecule has 0 saturated heterocycles. The first-order valence-electron chi connectivity index (χ1n) is 6.14. The zero-order valence-electron chi connectivity index (χ0n) is 11.3. The summed E-state index contributed by atoms with van der Waals surface area (Å²) in [6.45, 7) is 0.116. The van der Waals surface area contributed by atoms with Crippen molar-refractivity contribution in [1.29, 1.82) is 0 Å². The maximum absolute atomic E-state index is 14.0. The molecule has 0 aliphatic carbocycles. The Hall–Kier alpha value is -3.04. The van der Waals surface area contributed by atoms with Crippen molar-refractivity contribution in [3.63, 3.8) is 0 Å². The van der Waals surface area contributed by atoms with Crippen molar-refractivity contribution in [3.8, 4) is 17.0 Å². The first-order chi connectivity index (χ1) is 10.6. The summed E-state index contributed by atoms with van der Waals surface area (Å²) in [5.41, 5.74) is -0.468. The van der Waals surface area contributed by atoms with Gasteiger partial charge in [0.05, 0.1) is 18.9 Å². The molecule has 22 heavy (non-hydrogen) atoms. The largest absolute Gasteiger partial charge is 0.496 e. The van der Waals surface area contributed by atoms with Crippen LogP contribution < -0.4 is 10.4 Å². The Morgan fingerprint density at radius 1 is 1.36 bits per heavy atom. The van der Waals surface area contributed by atoms with E-state index >= 15 is 0 Å². The molecule has 0 saturated carbocycles. The highest BCUT2D eigenvalue weighted by atomic mass is 19.2. The van der Waals surface area contributed by atoms with Gasteiger partial charge in [-0.15, -0.1) is 5.10 Å². The van der Waals surface area contributed by atoms with Crippen molar-refractivity contribution < 1.29 is 13.5 Å². The van der Waals surface area contributed by atoms with Gasteiger partial charge in [-0.3, -0.25) is 4.98 Å². The fourth-order valence-corrected chi connectivity index (χ4v) is 1.97. The highest BCUT2D eigenvalue weighted by molar-refractivity contribution is 5.67. The second-order valence-corrected chi connectivity index (χ2v) is 4.36. The van der Waals surface area contributed by atoms with Crippen LogP contribution in [0.1, 0.15) is 5.82 Å². The number of ether oxygens (including phenoxy) is 1. The Kier molecular flexibility index (Phi) is 3.41. The van der Waals surface area contributed by atoms with E-state index in [1.165, 1.54) is 24.1 Å². The number of H-pyrrole nitrogens is 2. The Bertz CT molecular complexity index is 869. The molecule has 2 N–H and O–H groups in total. The molecule has 1 aromatic carbocycles. The van der Waals surface area contributed by atoms with Crippen molar-refractivity contribution in [1.82, 2.24) is 30.2 Å². The highest BCUT2D eigenvalue weighted by Gasteiger charge is 2.19. The monoisotopic (exact) mass is 308 g/mol. The molecule has 0 radical (unpaired) electrons. The molecule has 0 atom stereocenters. The van der Waals surface area contributed by atoms with Gasteiger partial charge in [-0.1, -0.05) is 5.21 Å². The number of benzene rings is 1. The number of halogens is 2. The van der Waals surface area contributed by atoms with E-state index < -0.39 is 17.3 Å². The Morgan fingerprint density at radius 3 is 2.86 bits per heavy atom. The van der Waals surface area contributed by atoms with Gasteiger partial charge in [-0.25, -0.2) is 23.4 Å². The normalized spacial score (nSPS) is 10.9. The van der Waals surface area contributed by atoms with Gasteiger partial charge in [0.25, 0.3) is 0 Å². The summed E-state index contributed by atoms with van der Waals surface area (Å²) < 4.78 is 33.7. The fraction of sp³-hybridized carbons (Fsp3) is 0.167. The first kappa shape index (κ1) is 13.9. The molecule has 114 valence electrons. The average molecular weight is 308 g/mol. The van der Waals surface area contributed by atoms with E-state index in [1.54, 1.807) is 0 Å². The molecule has 2 heterocycles. The molecule has 8 nitrogen and oxygen atoms in total. The summed E-state index contributed by atoms with van der Waals surface area (Å²) >= 11 is 0. The van der Waals surface area contributed by atoms with Crippen LogP contribution in [0.4, 0.5) is 8.78 Å². The lowest BCUT2D eigenvalue weighted by molar-refractivity contribution is 0.408. The number of nitrogens with zero attached hydrogens (tertiary/aromatic N) is 4. The number of rotatable bonds is 4. The third-order valence-corrected chi connectivity index (χ3v) is 2.93. The molecule has 0 spiro atoms. The smallest absolute Gasteiger partial charge is 0.340 e. The molecule has 0 aliphatic heterocycles. The zero-order chi connectivity index (χ0) is 15.7. The van der Waals surface area contributed by atoms with E-state index in [4.69, 9.17) is 4.74 Å². The molecule has 0 fully saturated rings. The van der Waals surface area contributed by atoms with E-state index in [9.17, 15) is 13.6 Å². The number of nitrogens with one attached hydrogen (secondary N) is 2. The number of hydrogen-bond acceptors (Lipinski definition) is 5. The van der Waals surface area contributed by atoms with Gasteiger partial charge in [-0.2, -0.15) is 5.10 Å². The molecule has 0 aliphatic rings. The van der Waals surface area contributed by atoms with Crippen LogP contribution >= 0.6 is 0 Å².